The Hall–Kier alpha value is 0.170. The molecule has 11 heavy (non-hydrogen) atoms. The fraction of sp³-hybridized carbons (Fsp3) is 0.857. The molecule has 0 fully saturated rings. The lowest BCUT2D eigenvalue weighted by atomic mass is 10.0. The summed E-state index contributed by atoms with van der Waals surface area (Å²) in [7, 11) is 1.12. The standard InChI is InChI=1S/C7H14O2S2/c1-3-4-5-7(2,11-10)6(8)9/h10H,3-5H2,1-2H3,(H,8,9). The van der Waals surface area contributed by atoms with Crippen molar-refractivity contribution in [2.75, 3.05) is 0 Å². The molecular weight excluding hydrogens is 180 g/mol. The van der Waals surface area contributed by atoms with Crippen LogP contribution in [0.25, 0.3) is 0 Å². The van der Waals surface area contributed by atoms with E-state index in [1.807, 2.05) is 6.92 Å². The third-order valence-corrected chi connectivity index (χ3v) is 3.65. The predicted molar refractivity (Wildman–Crippen MR) is 52.1 cm³/mol. The van der Waals surface area contributed by atoms with Crippen molar-refractivity contribution >= 4 is 28.4 Å². The molecule has 0 aliphatic carbocycles. The van der Waals surface area contributed by atoms with Gasteiger partial charge in [-0.15, -0.1) is 11.7 Å². The molecular formula is C7H14O2S2. The van der Waals surface area contributed by atoms with Crippen LogP contribution in [0.15, 0.2) is 0 Å². The van der Waals surface area contributed by atoms with Crippen LogP contribution in [0.3, 0.4) is 0 Å². The van der Waals surface area contributed by atoms with Gasteiger partial charge in [-0.3, -0.25) is 4.79 Å². The van der Waals surface area contributed by atoms with Crippen LogP contribution >= 0.6 is 22.5 Å². The molecule has 0 aliphatic heterocycles. The van der Waals surface area contributed by atoms with Crippen molar-refractivity contribution in [3.8, 4) is 0 Å². The highest BCUT2D eigenvalue weighted by atomic mass is 33.1. The van der Waals surface area contributed by atoms with E-state index in [1.165, 1.54) is 0 Å². The Labute approximate surface area is 76.6 Å². The van der Waals surface area contributed by atoms with Gasteiger partial charge in [0.2, 0.25) is 0 Å². The number of unbranched alkanes of at least 4 members (excludes halogenated alkanes) is 1. The maximum absolute atomic E-state index is 10.7. The van der Waals surface area contributed by atoms with Gasteiger partial charge in [-0.2, -0.15) is 0 Å². The Morgan fingerprint density at radius 3 is 2.55 bits per heavy atom. The first-order valence-corrected chi connectivity index (χ1v) is 5.49. The minimum absolute atomic E-state index is 0.688. The minimum Gasteiger partial charge on any atom is -0.480 e. The van der Waals surface area contributed by atoms with Crippen LogP contribution in [0.4, 0.5) is 0 Å². The van der Waals surface area contributed by atoms with Crippen molar-refractivity contribution in [1.82, 2.24) is 0 Å². The van der Waals surface area contributed by atoms with Crippen molar-refractivity contribution in [1.29, 1.82) is 0 Å². The minimum atomic E-state index is -0.772. The highest BCUT2D eigenvalue weighted by Gasteiger charge is 2.31. The molecule has 0 aliphatic rings. The summed E-state index contributed by atoms with van der Waals surface area (Å²) in [5, 5.41) is 8.79. The fourth-order valence-electron chi connectivity index (χ4n) is 0.706. The highest BCUT2D eigenvalue weighted by Crippen LogP contribution is 2.33. The monoisotopic (exact) mass is 194 g/mol. The predicted octanol–water partition coefficient (Wildman–Crippen LogP) is 2.60. The topological polar surface area (TPSA) is 37.3 Å². The zero-order chi connectivity index (χ0) is 8.91. The molecule has 0 bridgehead atoms. The van der Waals surface area contributed by atoms with Crippen molar-refractivity contribution in [2.24, 2.45) is 0 Å². The van der Waals surface area contributed by atoms with E-state index in [0.717, 1.165) is 23.6 Å². The summed E-state index contributed by atoms with van der Waals surface area (Å²) < 4.78 is -0.709. The summed E-state index contributed by atoms with van der Waals surface area (Å²) in [6, 6.07) is 0. The number of aliphatic carboxylic acids is 1. The summed E-state index contributed by atoms with van der Waals surface area (Å²) in [4.78, 5) is 10.7. The summed E-state index contributed by atoms with van der Waals surface area (Å²) in [6.45, 7) is 3.76. The molecule has 0 amide bonds. The number of carboxylic acids is 1. The van der Waals surface area contributed by atoms with E-state index in [9.17, 15) is 4.79 Å². The SMILES string of the molecule is CCCCC(C)(SS)C(=O)O. The molecule has 4 heteroatoms. The molecule has 66 valence electrons. The van der Waals surface area contributed by atoms with Crippen LogP contribution in [0, 0.1) is 0 Å². The van der Waals surface area contributed by atoms with Crippen molar-refractivity contribution in [3.63, 3.8) is 0 Å². The lowest BCUT2D eigenvalue weighted by Gasteiger charge is -2.20. The van der Waals surface area contributed by atoms with Crippen LogP contribution < -0.4 is 0 Å². The Bertz CT molecular complexity index is 138. The van der Waals surface area contributed by atoms with Gasteiger partial charge in [-0.1, -0.05) is 30.6 Å². The Morgan fingerprint density at radius 1 is 1.73 bits per heavy atom. The summed E-state index contributed by atoms with van der Waals surface area (Å²) in [5.41, 5.74) is 0. The molecule has 0 rings (SSSR count). The molecule has 2 nitrogen and oxygen atoms in total. The summed E-state index contributed by atoms with van der Waals surface area (Å²) in [6.07, 6.45) is 2.65. The van der Waals surface area contributed by atoms with Gasteiger partial charge in [0.05, 0.1) is 0 Å². The molecule has 0 aromatic rings. The Balaban J connectivity index is 3.99. The molecule has 0 aromatic carbocycles. The maximum atomic E-state index is 10.7. The molecule has 0 saturated heterocycles. The van der Waals surface area contributed by atoms with Gasteiger partial charge in [-0.25, -0.2) is 0 Å². The summed E-state index contributed by atoms with van der Waals surface area (Å²) >= 11 is 3.95. The normalized spacial score (nSPS) is 15.9. The van der Waals surface area contributed by atoms with E-state index < -0.39 is 10.7 Å². The van der Waals surface area contributed by atoms with E-state index in [1.54, 1.807) is 6.92 Å². The average molecular weight is 194 g/mol. The molecule has 1 unspecified atom stereocenters. The number of hydrogen-bond acceptors (Lipinski definition) is 3. The third-order valence-electron chi connectivity index (χ3n) is 1.66. The molecule has 0 radical (unpaired) electrons. The van der Waals surface area contributed by atoms with Crippen molar-refractivity contribution in [3.05, 3.63) is 0 Å². The fourth-order valence-corrected chi connectivity index (χ4v) is 1.53. The van der Waals surface area contributed by atoms with Gasteiger partial charge in [0.25, 0.3) is 0 Å². The van der Waals surface area contributed by atoms with Gasteiger partial charge in [-0.05, 0) is 13.3 Å². The van der Waals surface area contributed by atoms with Crippen LogP contribution in [0.1, 0.15) is 33.1 Å². The molecule has 1 atom stereocenters. The van der Waals surface area contributed by atoms with Gasteiger partial charge in [0.15, 0.2) is 0 Å². The number of hydrogen-bond donors (Lipinski definition) is 2. The lowest BCUT2D eigenvalue weighted by Crippen LogP contribution is -2.29. The van der Waals surface area contributed by atoms with Crippen LogP contribution in [0.5, 0.6) is 0 Å². The third kappa shape index (κ3) is 3.38. The smallest absolute Gasteiger partial charge is 0.320 e. The van der Waals surface area contributed by atoms with E-state index in [-0.39, 0.29) is 0 Å². The number of carbonyl (C=O) groups is 1. The first kappa shape index (κ1) is 11.2. The van der Waals surface area contributed by atoms with Crippen molar-refractivity contribution in [2.45, 2.75) is 37.9 Å². The van der Waals surface area contributed by atoms with Gasteiger partial charge < -0.3 is 5.11 Å². The van der Waals surface area contributed by atoms with E-state index in [2.05, 4.69) is 11.7 Å². The maximum Gasteiger partial charge on any atom is 0.320 e. The lowest BCUT2D eigenvalue weighted by molar-refractivity contribution is -0.139. The largest absolute Gasteiger partial charge is 0.480 e. The second-order valence-corrected chi connectivity index (χ2v) is 4.36. The molecule has 1 N–H and O–H groups in total. The van der Waals surface area contributed by atoms with Crippen LogP contribution in [-0.4, -0.2) is 15.8 Å². The quantitative estimate of drug-likeness (QED) is 0.522. The van der Waals surface area contributed by atoms with Crippen molar-refractivity contribution < 1.29 is 9.90 Å². The van der Waals surface area contributed by atoms with E-state index in [4.69, 9.17) is 5.11 Å². The number of carboxylic acid groups (broad SMARTS) is 1. The number of thiol groups is 1. The van der Waals surface area contributed by atoms with Crippen LogP contribution in [0.2, 0.25) is 0 Å². The summed E-state index contributed by atoms with van der Waals surface area (Å²) in [5.74, 6) is -0.772. The first-order chi connectivity index (χ1) is 5.06. The first-order valence-electron chi connectivity index (χ1n) is 3.63. The molecule has 0 saturated carbocycles. The second-order valence-electron chi connectivity index (χ2n) is 2.73. The highest BCUT2D eigenvalue weighted by molar-refractivity contribution is 8.69. The van der Waals surface area contributed by atoms with E-state index in [0.29, 0.717) is 6.42 Å². The van der Waals surface area contributed by atoms with Gasteiger partial charge >= 0.3 is 5.97 Å². The molecule has 0 spiro atoms. The van der Waals surface area contributed by atoms with Crippen LogP contribution in [-0.2, 0) is 4.79 Å². The average Bonchev–Trinajstić information content (AvgIpc) is 2.00. The zero-order valence-electron chi connectivity index (χ0n) is 6.83. The second kappa shape index (κ2) is 4.93. The Morgan fingerprint density at radius 2 is 2.27 bits per heavy atom. The Kier molecular flexibility index (Phi) is 5.01. The molecule has 0 aromatic heterocycles. The van der Waals surface area contributed by atoms with E-state index >= 15 is 0 Å². The molecule has 0 heterocycles. The number of rotatable bonds is 5. The van der Waals surface area contributed by atoms with Gasteiger partial charge in [0.1, 0.15) is 4.75 Å². The zero-order valence-corrected chi connectivity index (χ0v) is 8.54. The van der Waals surface area contributed by atoms with Gasteiger partial charge in [0, 0.05) is 0 Å².